The van der Waals surface area contributed by atoms with Crippen molar-refractivity contribution < 1.29 is 9.72 Å². The Labute approximate surface area is 137 Å². The van der Waals surface area contributed by atoms with Crippen molar-refractivity contribution in [2.24, 2.45) is 0 Å². The standard InChI is InChI=1S/C14H19BrN2O3S/c1-21-10-5-3-2-4-9-16-14(18)11-7-6-8-12(13(11)15)17(19)20/h6-8H,2-5,9-10H2,1H3,(H,16,18). The number of nitrogens with zero attached hydrogens (tertiary/aromatic N) is 1. The number of nitrogens with one attached hydrogen (secondary N) is 1. The van der Waals surface area contributed by atoms with Crippen molar-refractivity contribution >= 4 is 39.3 Å². The molecule has 0 unspecified atom stereocenters. The number of unbranched alkanes of at least 4 members (excludes halogenated alkanes) is 3. The van der Waals surface area contributed by atoms with E-state index in [1.165, 1.54) is 24.3 Å². The van der Waals surface area contributed by atoms with Crippen LogP contribution in [0.3, 0.4) is 0 Å². The van der Waals surface area contributed by atoms with Crippen molar-refractivity contribution in [3.05, 3.63) is 38.3 Å². The van der Waals surface area contributed by atoms with E-state index < -0.39 is 4.92 Å². The average Bonchev–Trinajstić information content (AvgIpc) is 2.46. The Hall–Kier alpha value is -1.08. The summed E-state index contributed by atoms with van der Waals surface area (Å²) >= 11 is 4.97. The maximum Gasteiger partial charge on any atom is 0.284 e. The third kappa shape index (κ3) is 6.05. The Bertz CT molecular complexity index is 497. The van der Waals surface area contributed by atoms with Crippen LogP contribution in [-0.4, -0.2) is 29.4 Å². The molecule has 0 atom stereocenters. The summed E-state index contributed by atoms with van der Waals surface area (Å²) in [6.07, 6.45) is 6.46. The van der Waals surface area contributed by atoms with Gasteiger partial charge in [0.25, 0.3) is 11.6 Å². The molecule has 0 aliphatic heterocycles. The quantitative estimate of drug-likeness (QED) is 0.402. The zero-order valence-electron chi connectivity index (χ0n) is 11.9. The number of nitro benzene ring substituents is 1. The van der Waals surface area contributed by atoms with Crippen molar-refractivity contribution in [3.8, 4) is 0 Å². The van der Waals surface area contributed by atoms with E-state index in [9.17, 15) is 14.9 Å². The Morgan fingerprint density at radius 1 is 1.33 bits per heavy atom. The minimum absolute atomic E-state index is 0.0975. The molecule has 0 radical (unpaired) electrons. The molecule has 5 nitrogen and oxygen atoms in total. The molecule has 21 heavy (non-hydrogen) atoms. The molecule has 0 aromatic heterocycles. The van der Waals surface area contributed by atoms with Crippen LogP contribution in [0.5, 0.6) is 0 Å². The lowest BCUT2D eigenvalue weighted by Crippen LogP contribution is -2.24. The summed E-state index contributed by atoms with van der Waals surface area (Å²) in [6, 6.07) is 4.46. The van der Waals surface area contributed by atoms with Gasteiger partial charge in [-0.15, -0.1) is 0 Å². The molecule has 116 valence electrons. The molecule has 1 rings (SSSR count). The molecule has 0 aliphatic carbocycles. The van der Waals surface area contributed by atoms with Crippen LogP contribution in [-0.2, 0) is 0 Å². The van der Waals surface area contributed by atoms with Crippen LogP contribution >= 0.6 is 27.7 Å². The Morgan fingerprint density at radius 3 is 2.71 bits per heavy atom. The Kier molecular flexibility index (Phi) is 8.37. The maximum absolute atomic E-state index is 12.0. The molecule has 0 bridgehead atoms. The van der Waals surface area contributed by atoms with Crippen LogP contribution in [0.1, 0.15) is 36.0 Å². The van der Waals surface area contributed by atoms with Crippen molar-refractivity contribution in [2.75, 3.05) is 18.6 Å². The smallest absolute Gasteiger partial charge is 0.284 e. The van der Waals surface area contributed by atoms with Gasteiger partial charge in [0.05, 0.1) is 10.5 Å². The normalized spacial score (nSPS) is 10.4. The average molecular weight is 375 g/mol. The number of amides is 1. The lowest BCUT2D eigenvalue weighted by molar-refractivity contribution is -0.385. The summed E-state index contributed by atoms with van der Waals surface area (Å²) in [7, 11) is 0. The molecular weight excluding hydrogens is 356 g/mol. The molecule has 1 N–H and O–H groups in total. The maximum atomic E-state index is 12.0. The lowest BCUT2D eigenvalue weighted by Gasteiger charge is -2.07. The first-order valence-corrected chi connectivity index (χ1v) is 8.96. The second kappa shape index (κ2) is 9.78. The second-order valence-corrected chi connectivity index (χ2v) is 6.34. The highest BCUT2D eigenvalue weighted by molar-refractivity contribution is 9.10. The predicted molar refractivity (Wildman–Crippen MR) is 90.0 cm³/mol. The van der Waals surface area contributed by atoms with Crippen molar-refractivity contribution in [3.63, 3.8) is 0 Å². The van der Waals surface area contributed by atoms with Crippen LogP contribution in [0, 0.1) is 10.1 Å². The van der Waals surface area contributed by atoms with Crippen molar-refractivity contribution in [2.45, 2.75) is 25.7 Å². The van der Waals surface area contributed by atoms with E-state index in [0.29, 0.717) is 12.1 Å². The SMILES string of the molecule is CSCCCCCCNC(=O)c1cccc([N+](=O)[O-])c1Br. The summed E-state index contributed by atoms with van der Waals surface area (Å²) in [5.74, 6) is 0.891. The first kappa shape index (κ1) is 18.0. The number of thioether (sulfide) groups is 1. The number of hydrogen-bond acceptors (Lipinski definition) is 4. The summed E-state index contributed by atoms with van der Waals surface area (Å²) < 4.78 is 0.229. The molecule has 1 aromatic rings. The molecule has 7 heteroatoms. The van der Waals surface area contributed by atoms with E-state index in [2.05, 4.69) is 27.5 Å². The van der Waals surface area contributed by atoms with Gasteiger partial charge in [-0.1, -0.05) is 18.9 Å². The highest BCUT2D eigenvalue weighted by atomic mass is 79.9. The molecule has 0 heterocycles. The van der Waals surface area contributed by atoms with E-state index in [1.807, 2.05) is 11.8 Å². The zero-order chi connectivity index (χ0) is 15.7. The van der Waals surface area contributed by atoms with Crippen LogP contribution in [0.4, 0.5) is 5.69 Å². The molecular formula is C14H19BrN2O3S. The van der Waals surface area contributed by atoms with Gasteiger partial charge in [0.2, 0.25) is 0 Å². The van der Waals surface area contributed by atoms with Gasteiger partial charge in [0, 0.05) is 12.6 Å². The number of rotatable bonds is 9. The van der Waals surface area contributed by atoms with E-state index in [4.69, 9.17) is 0 Å². The predicted octanol–water partition coefficient (Wildman–Crippen LogP) is 4.01. The summed E-state index contributed by atoms with van der Waals surface area (Å²) in [5, 5.41) is 13.6. The van der Waals surface area contributed by atoms with E-state index in [0.717, 1.165) is 19.3 Å². The topological polar surface area (TPSA) is 72.2 Å². The fourth-order valence-corrected chi connectivity index (χ4v) is 2.94. The number of benzene rings is 1. The minimum atomic E-state index is -0.507. The first-order chi connectivity index (χ1) is 10.1. The highest BCUT2D eigenvalue weighted by Crippen LogP contribution is 2.28. The van der Waals surface area contributed by atoms with Crippen LogP contribution in [0.2, 0.25) is 0 Å². The molecule has 0 saturated carbocycles. The zero-order valence-corrected chi connectivity index (χ0v) is 14.3. The lowest BCUT2D eigenvalue weighted by atomic mass is 10.1. The van der Waals surface area contributed by atoms with Gasteiger partial charge in [-0.3, -0.25) is 14.9 Å². The molecule has 1 amide bonds. The fraction of sp³-hybridized carbons (Fsp3) is 0.500. The first-order valence-electron chi connectivity index (χ1n) is 6.78. The largest absolute Gasteiger partial charge is 0.352 e. The molecule has 0 spiro atoms. The van der Waals surface area contributed by atoms with Crippen molar-refractivity contribution in [1.29, 1.82) is 0 Å². The van der Waals surface area contributed by atoms with E-state index in [-0.39, 0.29) is 16.1 Å². The Morgan fingerprint density at radius 2 is 2.05 bits per heavy atom. The number of carbonyl (C=O) groups is 1. The van der Waals surface area contributed by atoms with Crippen LogP contribution < -0.4 is 5.32 Å². The highest BCUT2D eigenvalue weighted by Gasteiger charge is 2.18. The molecule has 0 aliphatic rings. The monoisotopic (exact) mass is 374 g/mol. The van der Waals surface area contributed by atoms with Crippen LogP contribution in [0.25, 0.3) is 0 Å². The summed E-state index contributed by atoms with van der Waals surface area (Å²) in [4.78, 5) is 22.3. The van der Waals surface area contributed by atoms with Gasteiger partial charge < -0.3 is 5.32 Å². The summed E-state index contributed by atoms with van der Waals surface area (Å²) in [6.45, 7) is 0.591. The number of halogens is 1. The minimum Gasteiger partial charge on any atom is -0.352 e. The van der Waals surface area contributed by atoms with Gasteiger partial charge in [-0.25, -0.2) is 0 Å². The number of nitro groups is 1. The van der Waals surface area contributed by atoms with Gasteiger partial charge in [-0.05, 0) is 46.8 Å². The summed E-state index contributed by atoms with van der Waals surface area (Å²) in [5.41, 5.74) is 0.200. The number of carbonyl (C=O) groups excluding carboxylic acids is 1. The third-order valence-corrected chi connectivity index (χ3v) is 4.51. The van der Waals surface area contributed by atoms with Crippen LogP contribution in [0.15, 0.2) is 22.7 Å². The molecule has 0 fully saturated rings. The van der Waals surface area contributed by atoms with Gasteiger partial charge in [0.1, 0.15) is 4.47 Å². The van der Waals surface area contributed by atoms with Crippen molar-refractivity contribution in [1.82, 2.24) is 5.32 Å². The fourth-order valence-electron chi connectivity index (χ4n) is 1.86. The Balaban J connectivity index is 2.42. The molecule has 0 saturated heterocycles. The van der Waals surface area contributed by atoms with Gasteiger partial charge in [-0.2, -0.15) is 11.8 Å². The third-order valence-electron chi connectivity index (χ3n) is 2.98. The van der Waals surface area contributed by atoms with Gasteiger partial charge in [0.15, 0.2) is 0 Å². The second-order valence-electron chi connectivity index (χ2n) is 4.56. The van der Waals surface area contributed by atoms with E-state index >= 15 is 0 Å². The molecule has 1 aromatic carbocycles. The van der Waals surface area contributed by atoms with Gasteiger partial charge >= 0.3 is 0 Å². The number of hydrogen-bond donors (Lipinski definition) is 1. The van der Waals surface area contributed by atoms with E-state index in [1.54, 1.807) is 6.07 Å².